The molecule has 1 saturated carbocycles. The second-order valence-electron chi connectivity index (χ2n) is 8.52. The zero-order chi connectivity index (χ0) is 21.7. The number of aromatic nitrogens is 4. The second kappa shape index (κ2) is 7.47. The van der Waals surface area contributed by atoms with Crippen molar-refractivity contribution >= 4 is 33.6 Å². The van der Waals surface area contributed by atoms with E-state index in [1.54, 1.807) is 6.07 Å². The van der Waals surface area contributed by atoms with Gasteiger partial charge in [-0.3, -0.25) is 0 Å². The van der Waals surface area contributed by atoms with E-state index in [1.165, 1.54) is 6.33 Å². The lowest BCUT2D eigenvalue weighted by Gasteiger charge is -2.23. The van der Waals surface area contributed by atoms with Crippen LogP contribution >= 0.6 is 0 Å². The number of hydrogen-bond donors (Lipinski definition) is 4. The summed E-state index contributed by atoms with van der Waals surface area (Å²) in [4.78, 5) is 12.8. The molecule has 0 amide bonds. The van der Waals surface area contributed by atoms with Crippen molar-refractivity contribution in [3.8, 4) is 0 Å². The molecule has 5 atom stereocenters. The highest BCUT2D eigenvalue weighted by Crippen LogP contribution is 2.44. The van der Waals surface area contributed by atoms with Crippen LogP contribution in [0.4, 0.5) is 11.6 Å². The number of nitrogens with two attached hydrogens (primary N) is 2. The van der Waals surface area contributed by atoms with Crippen molar-refractivity contribution in [3.05, 3.63) is 54.5 Å². The maximum atomic E-state index is 10.9. The molecule has 8 nitrogen and oxygen atoms in total. The first-order valence-corrected chi connectivity index (χ1v) is 10.5. The first-order chi connectivity index (χ1) is 14.9. The van der Waals surface area contributed by atoms with Crippen LogP contribution in [0.3, 0.4) is 0 Å². The number of fused-ring (bicyclic) bond motifs is 2. The molecule has 1 aromatic carbocycles. The smallest absolute Gasteiger partial charge is 0.145 e. The monoisotopic (exact) mass is 418 g/mol. The summed E-state index contributed by atoms with van der Waals surface area (Å²) in [5.41, 5.74) is 14.5. The van der Waals surface area contributed by atoms with E-state index in [1.807, 2.05) is 35.0 Å². The topological polar surface area (TPSA) is 136 Å². The summed E-state index contributed by atoms with van der Waals surface area (Å²) >= 11 is 0. The van der Waals surface area contributed by atoms with Crippen molar-refractivity contribution in [1.82, 2.24) is 19.5 Å². The average Bonchev–Trinajstić information content (AvgIpc) is 3.26. The van der Waals surface area contributed by atoms with Crippen LogP contribution in [0, 0.1) is 11.8 Å². The van der Waals surface area contributed by atoms with Crippen LogP contribution < -0.4 is 11.5 Å². The van der Waals surface area contributed by atoms with Gasteiger partial charge >= 0.3 is 0 Å². The highest BCUT2D eigenvalue weighted by molar-refractivity contribution is 5.86. The molecule has 1 fully saturated rings. The lowest BCUT2D eigenvalue weighted by molar-refractivity contribution is 0.00538. The molecule has 1 aliphatic rings. The highest BCUT2D eigenvalue weighted by Gasteiger charge is 2.47. The number of pyridine rings is 1. The largest absolute Gasteiger partial charge is 0.390 e. The number of hydrogen-bond acceptors (Lipinski definition) is 7. The van der Waals surface area contributed by atoms with Gasteiger partial charge in [-0.2, -0.15) is 0 Å². The molecule has 0 saturated heterocycles. The van der Waals surface area contributed by atoms with E-state index in [4.69, 9.17) is 11.5 Å². The van der Waals surface area contributed by atoms with Gasteiger partial charge in [-0.1, -0.05) is 19.1 Å². The third kappa shape index (κ3) is 3.28. The zero-order valence-electron chi connectivity index (χ0n) is 17.3. The fourth-order valence-electron chi connectivity index (χ4n) is 5.08. The van der Waals surface area contributed by atoms with E-state index in [0.717, 1.165) is 34.7 Å². The molecule has 31 heavy (non-hydrogen) atoms. The number of aliphatic hydroxyl groups is 2. The number of nitrogens with zero attached hydrogens (tertiary/aromatic N) is 4. The summed E-state index contributed by atoms with van der Waals surface area (Å²) in [7, 11) is 0. The molecular weight excluding hydrogens is 392 g/mol. The molecule has 0 spiro atoms. The fraction of sp³-hybridized carbons (Fsp3) is 0.348. The van der Waals surface area contributed by atoms with Crippen LogP contribution in [0.5, 0.6) is 0 Å². The molecule has 5 rings (SSSR count). The van der Waals surface area contributed by atoms with Crippen molar-refractivity contribution in [2.45, 2.75) is 38.0 Å². The third-order valence-electron chi connectivity index (χ3n) is 6.76. The Kier molecular flexibility index (Phi) is 4.75. The SMILES string of the molecule is C[C@@H]1[C@H](CCc2ccc3ccc(N)nc3c2)[C@@H](O)[C@@H](O)[C@@H]1n1ccc2c(N)ncnc21. The Morgan fingerprint density at radius 2 is 1.84 bits per heavy atom. The van der Waals surface area contributed by atoms with E-state index in [9.17, 15) is 10.2 Å². The predicted octanol–water partition coefficient (Wildman–Crippen LogP) is 2.31. The van der Waals surface area contributed by atoms with Crippen LogP contribution in [-0.4, -0.2) is 41.9 Å². The van der Waals surface area contributed by atoms with Gasteiger partial charge in [0.2, 0.25) is 0 Å². The second-order valence-corrected chi connectivity index (χ2v) is 8.52. The predicted molar refractivity (Wildman–Crippen MR) is 120 cm³/mol. The van der Waals surface area contributed by atoms with Crippen molar-refractivity contribution in [1.29, 1.82) is 0 Å². The van der Waals surface area contributed by atoms with Crippen molar-refractivity contribution in [2.75, 3.05) is 11.5 Å². The third-order valence-corrected chi connectivity index (χ3v) is 6.76. The minimum Gasteiger partial charge on any atom is -0.390 e. The Labute approximate surface area is 179 Å². The van der Waals surface area contributed by atoms with Gasteiger partial charge in [0.15, 0.2) is 0 Å². The Morgan fingerprint density at radius 1 is 1.03 bits per heavy atom. The van der Waals surface area contributed by atoms with Gasteiger partial charge in [-0.25, -0.2) is 15.0 Å². The van der Waals surface area contributed by atoms with Crippen molar-refractivity contribution in [2.24, 2.45) is 11.8 Å². The molecule has 3 heterocycles. The molecule has 0 aliphatic heterocycles. The van der Waals surface area contributed by atoms with E-state index >= 15 is 0 Å². The molecule has 3 aromatic heterocycles. The van der Waals surface area contributed by atoms with Gasteiger partial charge in [-0.05, 0) is 54.5 Å². The molecule has 8 heteroatoms. The van der Waals surface area contributed by atoms with Crippen molar-refractivity contribution in [3.63, 3.8) is 0 Å². The number of nitrogen functional groups attached to an aromatic ring is 2. The molecular formula is C23H26N6O2. The molecule has 160 valence electrons. The van der Waals surface area contributed by atoms with Crippen LogP contribution in [0.2, 0.25) is 0 Å². The number of anilines is 2. The molecule has 0 radical (unpaired) electrons. The number of aryl methyl sites for hydroxylation is 1. The van der Waals surface area contributed by atoms with Gasteiger partial charge in [0.05, 0.1) is 23.0 Å². The maximum Gasteiger partial charge on any atom is 0.145 e. The molecule has 4 aromatic rings. The zero-order valence-corrected chi connectivity index (χ0v) is 17.3. The molecule has 6 N–H and O–H groups in total. The van der Waals surface area contributed by atoms with E-state index in [-0.39, 0.29) is 17.9 Å². The van der Waals surface area contributed by atoms with Gasteiger partial charge in [-0.15, -0.1) is 0 Å². The maximum absolute atomic E-state index is 10.9. The van der Waals surface area contributed by atoms with Crippen LogP contribution in [0.25, 0.3) is 21.9 Å². The average molecular weight is 419 g/mol. The summed E-state index contributed by atoms with van der Waals surface area (Å²) in [5, 5.41) is 23.6. The number of benzene rings is 1. The minimum absolute atomic E-state index is 0.0472. The van der Waals surface area contributed by atoms with E-state index in [2.05, 4.69) is 27.9 Å². The minimum atomic E-state index is -0.884. The molecule has 1 aliphatic carbocycles. The summed E-state index contributed by atoms with van der Waals surface area (Å²) in [5.74, 6) is 0.900. The van der Waals surface area contributed by atoms with Gasteiger partial charge in [0.1, 0.15) is 29.7 Å². The quantitative estimate of drug-likeness (QED) is 0.399. The molecule has 0 unspecified atom stereocenters. The summed E-state index contributed by atoms with van der Waals surface area (Å²) in [6, 6.07) is 11.5. The Balaban J connectivity index is 1.38. The lowest BCUT2D eigenvalue weighted by atomic mass is 9.88. The first kappa shape index (κ1) is 19.7. The van der Waals surface area contributed by atoms with E-state index in [0.29, 0.717) is 17.3 Å². The van der Waals surface area contributed by atoms with Crippen LogP contribution in [0.1, 0.15) is 24.9 Å². The normalized spacial score (nSPS) is 26.1. The number of aliphatic hydroxyl groups excluding tert-OH is 2. The standard InChI is InChI=1S/C23H26N6O2/c1-12-15(6-3-13-2-4-14-5-7-18(24)28-17(14)10-13)20(30)21(31)19(12)29-9-8-16-22(25)26-11-27-23(16)29/h2,4-5,7-12,15,19-21,30-31H,3,6H2,1H3,(H2,24,28)(H2,25,26,27)/t12-,15+,19-,20-,21+/m1/s1. The first-order valence-electron chi connectivity index (χ1n) is 10.5. The van der Waals surface area contributed by atoms with Gasteiger partial charge < -0.3 is 26.2 Å². The fourth-order valence-corrected chi connectivity index (χ4v) is 5.08. The summed E-state index contributed by atoms with van der Waals surface area (Å²) in [6.45, 7) is 2.08. The van der Waals surface area contributed by atoms with Crippen LogP contribution in [-0.2, 0) is 6.42 Å². The molecule has 0 bridgehead atoms. The van der Waals surface area contributed by atoms with Gasteiger partial charge in [0.25, 0.3) is 0 Å². The Bertz CT molecular complexity index is 1260. The lowest BCUT2D eigenvalue weighted by Crippen LogP contribution is -2.29. The van der Waals surface area contributed by atoms with Crippen LogP contribution in [0.15, 0.2) is 48.9 Å². The van der Waals surface area contributed by atoms with Crippen molar-refractivity contribution < 1.29 is 10.2 Å². The highest BCUT2D eigenvalue weighted by atomic mass is 16.3. The van der Waals surface area contributed by atoms with Gasteiger partial charge in [0, 0.05) is 11.6 Å². The Morgan fingerprint density at radius 3 is 2.68 bits per heavy atom. The number of rotatable bonds is 4. The van der Waals surface area contributed by atoms with E-state index < -0.39 is 12.2 Å². The Hall–Kier alpha value is -3.23. The summed E-state index contributed by atoms with van der Waals surface area (Å²) in [6.07, 6.45) is 3.12. The summed E-state index contributed by atoms with van der Waals surface area (Å²) < 4.78 is 1.93.